The van der Waals surface area contributed by atoms with E-state index in [4.69, 9.17) is 18.9 Å². The summed E-state index contributed by atoms with van der Waals surface area (Å²) in [5.74, 6) is 0.481. The first-order chi connectivity index (χ1) is 23.6. The van der Waals surface area contributed by atoms with Crippen molar-refractivity contribution in [2.45, 2.75) is 123 Å². The minimum absolute atomic E-state index is 0.106. The van der Waals surface area contributed by atoms with E-state index in [1.54, 1.807) is 48.5 Å². The molecule has 6 heteroatoms. The Balaban J connectivity index is 1.41. The molecule has 0 fully saturated rings. The summed E-state index contributed by atoms with van der Waals surface area (Å²) in [5, 5.41) is 0. The number of ether oxygens (including phenoxy) is 4. The van der Waals surface area contributed by atoms with Crippen LogP contribution in [0.1, 0.15) is 149 Å². The normalized spacial score (nSPS) is 11.5. The van der Waals surface area contributed by atoms with Gasteiger partial charge in [-0.25, -0.2) is 9.59 Å². The van der Waals surface area contributed by atoms with Crippen molar-refractivity contribution in [1.82, 2.24) is 0 Å². The fourth-order valence-corrected chi connectivity index (χ4v) is 5.52. The molecule has 0 bridgehead atoms. The highest BCUT2D eigenvalue weighted by Crippen LogP contribution is 2.22. The first-order valence-electron chi connectivity index (χ1n) is 18.5. The van der Waals surface area contributed by atoms with Gasteiger partial charge in [-0.05, 0) is 66.9 Å². The number of esters is 2. The van der Waals surface area contributed by atoms with E-state index in [1.165, 1.54) is 89.9 Å². The Morgan fingerprint density at radius 3 is 1.38 bits per heavy atom. The second-order valence-electron chi connectivity index (χ2n) is 12.6. The van der Waals surface area contributed by atoms with Crippen molar-refractivity contribution in [2.24, 2.45) is 0 Å². The monoisotopic (exact) mass is 658 g/mol. The highest BCUT2D eigenvalue weighted by Gasteiger charge is 2.21. The number of hydrogen-bond acceptors (Lipinski definition) is 6. The lowest BCUT2D eigenvalue weighted by molar-refractivity contribution is -0.00134. The highest BCUT2D eigenvalue weighted by molar-refractivity contribution is 5.90. The van der Waals surface area contributed by atoms with E-state index in [0.717, 1.165) is 29.9 Å². The average molecular weight is 659 g/mol. The number of benzene rings is 3. The summed E-state index contributed by atoms with van der Waals surface area (Å²) in [6.07, 6.45) is 19.2. The molecule has 262 valence electrons. The Morgan fingerprint density at radius 1 is 0.500 bits per heavy atom. The lowest BCUT2D eigenvalue weighted by Crippen LogP contribution is -2.19. The Morgan fingerprint density at radius 2 is 0.917 bits per heavy atom. The third-order valence-electron chi connectivity index (χ3n) is 8.50. The van der Waals surface area contributed by atoms with Crippen LogP contribution in [0, 0.1) is 0 Å². The maximum atomic E-state index is 13.1. The van der Waals surface area contributed by atoms with Crippen LogP contribution >= 0.6 is 0 Å². The molecular formula is C42H58O6. The van der Waals surface area contributed by atoms with E-state index in [-0.39, 0.29) is 6.61 Å². The first-order valence-corrected chi connectivity index (χ1v) is 18.5. The van der Waals surface area contributed by atoms with Crippen molar-refractivity contribution in [3.8, 4) is 11.5 Å². The van der Waals surface area contributed by atoms with Gasteiger partial charge in [-0.15, -0.1) is 0 Å². The molecule has 0 heterocycles. The second-order valence-corrected chi connectivity index (χ2v) is 12.6. The van der Waals surface area contributed by atoms with Crippen molar-refractivity contribution >= 4 is 11.9 Å². The summed E-state index contributed by atoms with van der Waals surface area (Å²) in [6, 6.07) is 23.3. The zero-order valence-electron chi connectivity index (χ0n) is 29.5. The van der Waals surface area contributed by atoms with E-state index < -0.39 is 18.0 Å². The van der Waals surface area contributed by atoms with Gasteiger partial charge in [0, 0.05) is 0 Å². The summed E-state index contributed by atoms with van der Waals surface area (Å²) in [4.78, 5) is 26.0. The molecule has 6 nitrogen and oxygen atoms in total. The molecule has 3 aromatic rings. The van der Waals surface area contributed by atoms with Crippen molar-refractivity contribution < 1.29 is 28.5 Å². The minimum atomic E-state index is -0.755. The maximum Gasteiger partial charge on any atom is 0.338 e. The smallest absolute Gasteiger partial charge is 0.338 e. The summed E-state index contributed by atoms with van der Waals surface area (Å²) in [5.41, 5.74) is 1.56. The third-order valence-corrected chi connectivity index (χ3v) is 8.50. The van der Waals surface area contributed by atoms with Gasteiger partial charge in [-0.2, -0.15) is 0 Å². The van der Waals surface area contributed by atoms with Gasteiger partial charge in [0.2, 0.25) is 0 Å². The zero-order chi connectivity index (χ0) is 34.1. The molecule has 0 aromatic heterocycles. The van der Waals surface area contributed by atoms with Crippen LogP contribution in [-0.4, -0.2) is 31.8 Å². The van der Waals surface area contributed by atoms with Crippen molar-refractivity contribution in [3.05, 3.63) is 95.6 Å². The maximum absolute atomic E-state index is 13.1. The topological polar surface area (TPSA) is 71.1 Å². The van der Waals surface area contributed by atoms with Gasteiger partial charge in [0.05, 0.1) is 24.3 Å². The summed E-state index contributed by atoms with van der Waals surface area (Å²) >= 11 is 0. The molecule has 1 unspecified atom stereocenters. The second kappa shape index (κ2) is 24.4. The molecule has 0 N–H and O–H groups in total. The van der Waals surface area contributed by atoms with Gasteiger partial charge in [0.15, 0.2) is 6.10 Å². The molecule has 3 rings (SSSR count). The first kappa shape index (κ1) is 38.6. The number of unbranched alkanes of at least 4 members (excludes halogenated alkanes) is 14. The molecule has 0 radical (unpaired) electrons. The molecule has 0 aliphatic heterocycles. The molecule has 48 heavy (non-hydrogen) atoms. The summed E-state index contributed by atoms with van der Waals surface area (Å²) in [6.45, 7) is 5.70. The summed E-state index contributed by atoms with van der Waals surface area (Å²) in [7, 11) is 0. The Kier molecular flexibility index (Phi) is 19.6. The number of carbonyl (C=O) groups is 2. The van der Waals surface area contributed by atoms with E-state index in [2.05, 4.69) is 13.8 Å². The lowest BCUT2D eigenvalue weighted by atomic mass is 10.1. The van der Waals surface area contributed by atoms with Crippen LogP contribution in [0.3, 0.4) is 0 Å². The van der Waals surface area contributed by atoms with Gasteiger partial charge < -0.3 is 18.9 Å². The molecule has 0 saturated heterocycles. The Hall–Kier alpha value is -3.80. The molecule has 0 spiro atoms. The van der Waals surface area contributed by atoms with E-state index in [0.29, 0.717) is 24.3 Å². The van der Waals surface area contributed by atoms with Crippen molar-refractivity contribution in [3.63, 3.8) is 0 Å². The van der Waals surface area contributed by atoms with E-state index in [1.807, 2.05) is 30.3 Å². The molecule has 1 atom stereocenters. The SMILES string of the molecule is CCCCCCCCCCOc1ccc(C(=O)OCC(OC(=O)c2ccc(OCCCCCCCCCC)cc2)c2ccccc2)cc1. The predicted molar refractivity (Wildman–Crippen MR) is 194 cm³/mol. The fraction of sp³-hybridized carbons (Fsp3) is 0.524. The van der Waals surface area contributed by atoms with Crippen LogP contribution in [0.25, 0.3) is 0 Å². The molecule has 0 amide bonds. The molecule has 0 aliphatic carbocycles. The zero-order valence-corrected chi connectivity index (χ0v) is 29.5. The van der Waals surface area contributed by atoms with Gasteiger partial charge >= 0.3 is 11.9 Å². The third kappa shape index (κ3) is 15.9. The van der Waals surface area contributed by atoms with Crippen LogP contribution in [-0.2, 0) is 9.47 Å². The van der Waals surface area contributed by atoms with Gasteiger partial charge in [-0.3, -0.25) is 0 Å². The molecule has 0 saturated carbocycles. The number of hydrogen-bond donors (Lipinski definition) is 0. The van der Waals surface area contributed by atoms with Crippen LogP contribution in [0.4, 0.5) is 0 Å². The quantitative estimate of drug-likeness (QED) is 0.0631. The Labute approximate surface area is 289 Å². The average Bonchev–Trinajstić information content (AvgIpc) is 3.12. The van der Waals surface area contributed by atoms with Crippen molar-refractivity contribution in [2.75, 3.05) is 19.8 Å². The molecule has 3 aromatic carbocycles. The van der Waals surface area contributed by atoms with E-state index in [9.17, 15) is 9.59 Å². The van der Waals surface area contributed by atoms with Crippen LogP contribution in [0.15, 0.2) is 78.9 Å². The van der Waals surface area contributed by atoms with Gasteiger partial charge in [-0.1, -0.05) is 134 Å². The summed E-state index contributed by atoms with van der Waals surface area (Å²) < 4.78 is 23.2. The molecule has 0 aliphatic rings. The Bertz CT molecular complexity index is 1260. The fourth-order valence-electron chi connectivity index (χ4n) is 5.52. The standard InChI is InChI=1S/C42H58O6/c1-3-5-7-9-11-13-15-20-32-45-38-28-24-36(25-29-38)41(43)47-34-40(35-22-18-17-19-23-35)48-42(44)37-26-30-39(31-27-37)46-33-21-16-14-12-10-8-6-4-2/h17-19,22-31,40H,3-16,20-21,32-34H2,1-2H3. The van der Waals surface area contributed by atoms with Gasteiger partial charge in [0.25, 0.3) is 0 Å². The minimum Gasteiger partial charge on any atom is -0.494 e. The van der Waals surface area contributed by atoms with E-state index >= 15 is 0 Å². The number of carbonyl (C=O) groups excluding carboxylic acids is 2. The van der Waals surface area contributed by atoms with Crippen molar-refractivity contribution in [1.29, 1.82) is 0 Å². The number of rotatable bonds is 26. The van der Waals surface area contributed by atoms with Crippen LogP contribution in [0.2, 0.25) is 0 Å². The molecular weight excluding hydrogens is 600 g/mol. The highest BCUT2D eigenvalue weighted by atomic mass is 16.6. The van der Waals surface area contributed by atoms with Gasteiger partial charge in [0.1, 0.15) is 18.1 Å². The largest absolute Gasteiger partial charge is 0.494 e. The van der Waals surface area contributed by atoms with Crippen LogP contribution < -0.4 is 9.47 Å². The predicted octanol–water partition coefficient (Wildman–Crippen LogP) is 11.5. The van der Waals surface area contributed by atoms with Crippen LogP contribution in [0.5, 0.6) is 11.5 Å². The lowest BCUT2D eigenvalue weighted by Gasteiger charge is -2.19.